The SMILES string of the molecule is CO[Se]c1ccccc1. The molecule has 1 nitrogen and oxygen atoms in total. The molecule has 1 aromatic carbocycles. The van der Waals surface area contributed by atoms with Crippen LogP contribution in [0.15, 0.2) is 30.3 Å². The van der Waals surface area contributed by atoms with Gasteiger partial charge in [0.2, 0.25) is 0 Å². The van der Waals surface area contributed by atoms with E-state index in [1.54, 1.807) is 7.11 Å². The second-order valence-corrected chi connectivity index (χ2v) is 3.60. The van der Waals surface area contributed by atoms with Gasteiger partial charge in [-0.2, -0.15) is 0 Å². The molecule has 0 atom stereocenters. The predicted octanol–water partition coefficient (Wildman–Crippen LogP) is 0.577. The zero-order valence-corrected chi connectivity index (χ0v) is 6.92. The van der Waals surface area contributed by atoms with E-state index >= 15 is 0 Å². The molecule has 0 spiro atoms. The van der Waals surface area contributed by atoms with Gasteiger partial charge in [-0.15, -0.1) is 0 Å². The second kappa shape index (κ2) is 3.67. The Morgan fingerprint density at radius 1 is 1.22 bits per heavy atom. The van der Waals surface area contributed by atoms with Gasteiger partial charge in [0.05, 0.1) is 0 Å². The Labute approximate surface area is 61.5 Å². The van der Waals surface area contributed by atoms with Crippen molar-refractivity contribution in [3.05, 3.63) is 30.3 Å². The number of benzene rings is 1. The average molecular weight is 187 g/mol. The van der Waals surface area contributed by atoms with Gasteiger partial charge >= 0.3 is 61.0 Å². The van der Waals surface area contributed by atoms with Crippen LogP contribution in [0.2, 0.25) is 0 Å². The molecule has 0 amide bonds. The summed E-state index contributed by atoms with van der Waals surface area (Å²) in [7, 11) is 1.73. The Morgan fingerprint density at radius 2 is 1.89 bits per heavy atom. The maximum absolute atomic E-state index is 4.99. The van der Waals surface area contributed by atoms with Crippen LogP contribution < -0.4 is 4.46 Å². The van der Waals surface area contributed by atoms with Crippen molar-refractivity contribution < 1.29 is 3.82 Å². The van der Waals surface area contributed by atoms with E-state index in [-0.39, 0.29) is 15.3 Å². The van der Waals surface area contributed by atoms with Crippen LogP contribution in [0.5, 0.6) is 0 Å². The van der Waals surface area contributed by atoms with Crippen LogP contribution in [0.1, 0.15) is 0 Å². The van der Waals surface area contributed by atoms with Crippen LogP contribution in [0.4, 0.5) is 0 Å². The first-order valence-corrected chi connectivity index (χ1v) is 4.25. The molecule has 0 aliphatic rings. The summed E-state index contributed by atoms with van der Waals surface area (Å²) in [5.41, 5.74) is 0. The normalized spacial score (nSPS) is 9.44. The fourth-order valence-corrected chi connectivity index (χ4v) is 1.54. The topological polar surface area (TPSA) is 9.23 Å². The van der Waals surface area contributed by atoms with Crippen molar-refractivity contribution >= 4 is 19.7 Å². The summed E-state index contributed by atoms with van der Waals surface area (Å²) in [6.45, 7) is 0. The molecular weight excluding hydrogens is 179 g/mol. The van der Waals surface area contributed by atoms with Gasteiger partial charge in [0.1, 0.15) is 0 Å². The first-order chi connectivity index (χ1) is 4.43. The first-order valence-electron chi connectivity index (χ1n) is 2.69. The van der Waals surface area contributed by atoms with E-state index in [2.05, 4.69) is 12.1 Å². The van der Waals surface area contributed by atoms with E-state index in [1.165, 1.54) is 4.46 Å². The molecule has 0 heterocycles. The molecule has 0 saturated heterocycles. The molecule has 1 rings (SSSR count). The van der Waals surface area contributed by atoms with E-state index in [1.807, 2.05) is 18.2 Å². The molecule has 0 bridgehead atoms. The van der Waals surface area contributed by atoms with E-state index in [0.717, 1.165) is 0 Å². The zero-order chi connectivity index (χ0) is 6.53. The van der Waals surface area contributed by atoms with Crippen molar-refractivity contribution in [2.45, 2.75) is 0 Å². The first kappa shape index (κ1) is 6.81. The van der Waals surface area contributed by atoms with Crippen molar-refractivity contribution in [3.8, 4) is 0 Å². The third kappa shape index (κ3) is 2.18. The minimum absolute atomic E-state index is 0.210. The molecule has 0 radical (unpaired) electrons. The van der Waals surface area contributed by atoms with Crippen LogP contribution in [0.25, 0.3) is 0 Å². The van der Waals surface area contributed by atoms with Gasteiger partial charge in [-0.3, -0.25) is 0 Å². The summed E-state index contributed by atoms with van der Waals surface area (Å²) in [4.78, 5) is 0. The van der Waals surface area contributed by atoms with E-state index in [4.69, 9.17) is 3.82 Å². The summed E-state index contributed by atoms with van der Waals surface area (Å²) in [6.07, 6.45) is 0. The van der Waals surface area contributed by atoms with Crippen molar-refractivity contribution in [3.63, 3.8) is 0 Å². The third-order valence-electron chi connectivity index (χ3n) is 0.923. The minimum atomic E-state index is 0.210. The summed E-state index contributed by atoms with van der Waals surface area (Å²) in [5.74, 6) is 0. The molecule has 48 valence electrons. The summed E-state index contributed by atoms with van der Waals surface area (Å²) in [5, 5.41) is 0. The molecule has 9 heavy (non-hydrogen) atoms. The third-order valence-corrected chi connectivity index (χ3v) is 2.25. The van der Waals surface area contributed by atoms with Gasteiger partial charge in [-0.25, -0.2) is 0 Å². The molecule has 1 aromatic rings. The van der Waals surface area contributed by atoms with Gasteiger partial charge in [0, 0.05) is 0 Å². The Kier molecular flexibility index (Phi) is 2.78. The van der Waals surface area contributed by atoms with Gasteiger partial charge in [-0.05, 0) is 0 Å². The molecule has 0 aliphatic heterocycles. The Balaban J connectivity index is 2.61. The zero-order valence-electron chi connectivity index (χ0n) is 5.20. The van der Waals surface area contributed by atoms with E-state index < -0.39 is 0 Å². The van der Waals surface area contributed by atoms with Crippen LogP contribution in [0.3, 0.4) is 0 Å². The average Bonchev–Trinajstić information content (AvgIpc) is 1.91. The molecule has 0 unspecified atom stereocenters. The fourth-order valence-electron chi connectivity index (χ4n) is 0.572. The number of hydrogen-bond donors (Lipinski definition) is 0. The maximum atomic E-state index is 4.99. The quantitative estimate of drug-likeness (QED) is 0.615. The van der Waals surface area contributed by atoms with Crippen LogP contribution >= 0.6 is 0 Å². The Hall–Kier alpha value is -0.301. The molecule has 0 aromatic heterocycles. The van der Waals surface area contributed by atoms with Gasteiger partial charge in [0.25, 0.3) is 0 Å². The van der Waals surface area contributed by atoms with Crippen molar-refractivity contribution in [2.75, 3.05) is 7.11 Å². The number of rotatable bonds is 2. The number of hydrogen-bond acceptors (Lipinski definition) is 1. The monoisotopic (exact) mass is 188 g/mol. The van der Waals surface area contributed by atoms with Gasteiger partial charge in [0.15, 0.2) is 0 Å². The second-order valence-electron chi connectivity index (χ2n) is 1.56. The van der Waals surface area contributed by atoms with Crippen LogP contribution in [-0.4, -0.2) is 22.4 Å². The Morgan fingerprint density at radius 3 is 2.44 bits per heavy atom. The Bertz CT molecular complexity index is 162. The summed E-state index contributed by atoms with van der Waals surface area (Å²) in [6, 6.07) is 10.2. The molecule has 0 saturated carbocycles. The van der Waals surface area contributed by atoms with Crippen molar-refractivity contribution in [2.24, 2.45) is 0 Å². The standard InChI is InChI=1S/C7H8OSe/c1-8-9-7-5-3-2-4-6-7/h2-6H,1H3. The van der Waals surface area contributed by atoms with Crippen molar-refractivity contribution in [1.82, 2.24) is 0 Å². The van der Waals surface area contributed by atoms with Crippen LogP contribution in [0, 0.1) is 0 Å². The summed E-state index contributed by atoms with van der Waals surface area (Å²) >= 11 is 0.210. The molecule has 0 N–H and O–H groups in total. The van der Waals surface area contributed by atoms with Crippen LogP contribution in [-0.2, 0) is 3.82 Å². The van der Waals surface area contributed by atoms with Crippen molar-refractivity contribution in [1.29, 1.82) is 0 Å². The van der Waals surface area contributed by atoms with Gasteiger partial charge < -0.3 is 0 Å². The molecular formula is C7H8OSe. The van der Waals surface area contributed by atoms with E-state index in [9.17, 15) is 0 Å². The molecule has 0 aliphatic carbocycles. The molecule has 0 fully saturated rings. The molecule has 2 heteroatoms. The summed E-state index contributed by atoms with van der Waals surface area (Å²) < 4.78 is 6.28. The van der Waals surface area contributed by atoms with Gasteiger partial charge in [-0.1, -0.05) is 0 Å². The van der Waals surface area contributed by atoms with E-state index in [0.29, 0.717) is 0 Å². The fraction of sp³-hybridized carbons (Fsp3) is 0.143. The predicted molar refractivity (Wildman–Crippen MR) is 38.8 cm³/mol.